The van der Waals surface area contributed by atoms with E-state index in [1.54, 1.807) is 24.3 Å². The topological polar surface area (TPSA) is 82.2 Å². The van der Waals surface area contributed by atoms with Gasteiger partial charge in [-0.05, 0) is 74.1 Å². The molecule has 2 aliphatic rings. The molecular weight excluding hydrogens is 488 g/mol. The minimum absolute atomic E-state index is 0.251. The number of nitrogens with zero attached hydrogens (tertiary/aromatic N) is 3. The Morgan fingerprint density at radius 3 is 2.14 bits per heavy atom. The number of amides is 2. The van der Waals surface area contributed by atoms with Crippen LogP contribution in [-0.4, -0.2) is 74.2 Å². The van der Waals surface area contributed by atoms with Crippen LogP contribution in [0.15, 0.2) is 48.5 Å². The number of carbonyl (C=O) groups excluding carboxylic acids is 1. The summed E-state index contributed by atoms with van der Waals surface area (Å²) in [4.78, 5) is 19.8. The summed E-state index contributed by atoms with van der Waals surface area (Å²) in [7, 11) is -3.30. The van der Waals surface area contributed by atoms with Gasteiger partial charge in [-0.25, -0.2) is 13.2 Å². The number of anilines is 1. The number of likely N-dealkylation sites (tertiary alicyclic amines) is 2. The van der Waals surface area contributed by atoms with E-state index in [1.165, 1.54) is 5.56 Å². The number of rotatable bonds is 10. The van der Waals surface area contributed by atoms with E-state index in [0.717, 1.165) is 89.8 Å². The molecule has 0 aromatic heterocycles. The van der Waals surface area contributed by atoms with Crippen LogP contribution in [0.25, 0.3) is 0 Å². The van der Waals surface area contributed by atoms with Crippen molar-refractivity contribution >= 4 is 21.7 Å². The molecule has 1 N–H and O–H groups in total. The summed E-state index contributed by atoms with van der Waals surface area (Å²) in [6.45, 7) is 7.74. The Morgan fingerprint density at radius 1 is 0.973 bits per heavy atom. The van der Waals surface area contributed by atoms with Crippen LogP contribution in [0, 0.1) is 0 Å². The first-order valence-electron chi connectivity index (χ1n) is 13.4. The maximum absolute atomic E-state index is 13.2. The van der Waals surface area contributed by atoms with E-state index >= 15 is 0 Å². The molecular formula is C28H40N4O4S. The summed E-state index contributed by atoms with van der Waals surface area (Å²) >= 11 is 0. The zero-order valence-corrected chi connectivity index (χ0v) is 22.9. The Balaban J connectivity index is 1.26. The van der Waals surface area contributed by atoms with Gasteiger partial charge in [0, 0.05) is 51.0 Å². The molecule has 0 atom stereocenters. The van der Waals surface area contributed by atoms with Crippen LogP contribution in [0.2, 0.25) is 0 Å². The smallest absolute Gasteiger partial charge is 0.320 e. The highest BCUT2D eigenvalue weighted by molar-refractivity contribution is 7.92. The molecule has 0 unspecified atom stereocenters. The van der Waals surface area contributed by atoms with Crippen molar-refractivity contribution in [3.05, 3.63) is 54.1 Å². The van der Waals surface area contributed by atoms with Gasteiger partial charge in [-0.2, -0.15) is 0 Å². The molecule has 202 valence electrons. The van der Waals surface area contributed by atoms with E-state index in [2.05, 4.69) is 33.6 Å². The zero-order chi connectivity index (χ0) is 26.3. The molecule has 0 aliphatic carbocycles. The second-order valence-electron chi connectivity index (χ2n) is 10.2. The lowest BCUT2D eigenvalue weighted by Crippen LogP contribution is -2.51. The Bertz CT molecular complexity index is 1110. The fourth-order valence-electron chi connectivity index (χ4n) is 5.10. The number of hydrogen-bond acceptors (Lipinski definition) is 5. The van der Waals surface area contributed by atoms with Crippen molar-refractivity contribution in [3.8, 4) is 11.5 Å². The van der Waals surface area contributed by atoms with Crippen molar-refractivity contribution in [1.82, 2.24) is 14.7 Å². The van der Waals surface area contributed by atoms with Gasteiger partial charge in [0.15, 0.2) is 0 Å². The second kappa shape index (κ2) is 12.6. The molecule has 2 heterocycles. The molecule has 0 spiro atoms. The van der Waals surface area contributed by atoms with Crippen LogP contribution >= 0.6 is 0 Å². The molecule has 8 nitrogen and oxygen atoms in total. The minimum atomic E-state index is -3.30. The average molecular weight is 529 g/mol. The van der Waals surface area contributed by atoms with E-state index in [4.69, 9.17) is 4.74 Å². The number of nitrogens with one attached hydrogen (secondary N) is 1. The highest BCUT2D eigenvalue weighted by Gasteiger charge is 2.31. The van der Waals surface area contributed by atoms with E-state index in [9.17, 15) is 13.2 Å². The molecule has 0 radical (unpaired) electrons. The second-order valence-corrected chi connectivity index (χ2v) is 11.9. The van der Waals surface area contributed by atoms with Gasteiger partial charge < -0.3 is 14.5 Å². The first-order valence-corrected chi connectivity index (χ1v) is 15.3. The first-order chi connectivity index (χ1) is 17.8. The first kappa shape index (κ1) is 27.3. The van der Waals surface area contributed by atoms with Crippen molar-refractivity contribution in [2.24, 2.45) is 0 Å². The lowest BCUT2D eigenvalue weighted by molar-refractivity contribution is 0.0989. The van der Waals surface area contributed by atoms with Gasteiger partial charge in [0.1, 0.15) is 11.5 Å². The van der Waals surface area contributed by atoms with Crippen LogP contribution in [0.3, 0.4) is 0 Å². The molecule has 2 aromatic rings. The summed E-state index contributed by atoms with van der Waals surface area (Å²) in [6.07, 6.45) is 7.60. The normalized spacial score (nSPS) is 17.1. The van der Waals surface area contributed by atoms with Crippen molar-refractivity contribution in [3.63, 3.8) is 0 Å². The van der Waals surface area contributed by atoms with Gasteiger partial charge in [0.2, 0.25) is 10.0 Å². The molecule has 2 aliphatic heterocycles. The average Bonchev–Trinajstić information content (AvgIpc) is 3.42. The quantitative estimate of drug-likeness (QED) is 0.462. The number of ether oxygens (including phenoxy) is 1. The number of urea groups is 1. The molecule has 9 heteroatoms. The fraction of sp³-hybridized carbons (Fsp3) is 0.536. The van der Waals surface area contributed by atoms with Crippen LogP contribution in [0.1, 0.15) is 51.0 Å². The SMILES string of the molecule is CCCCN(C(=O)N1CCCC1)C1CCN(Cc2ccc(Oc3ccc(NS(C)(=O)=O)cc3)cc2)CC1. The Morgan fingerprint density at radius 2 is 1.57 bits per heavy atom. The highest BCUT2D eigenvalue weighted by Crippen LogP contribution is 2.25. The van der Waals surface area contributed by atoms with Crippen LogP contribution < -0.4 is 9.46 Å². The largest absolute Gasteiger partial charge is 0.457 e. The van der Waals surface area contributed by atoms with Crippen LogP contribution in [-0.2, 0) is 16.6 Å². The Hall–Kier alpha value is -2.78. The van der Waals surface area contributed by atoms with E-state index in [1.807, 2.05) is 17.0 Å². The Kier molecular flexibility index (Phi) is 9.32. The maximum atomic E-state index is 13.2. The molecule has 2 amide bonds. The van der Waals surface area contributed by atoms with Gasteiger partial charge in [0.05, 0.1) is 6.26 Å². The minimum Gasteiger partial charge on any atom is -0.457 e. The molecule has 0 saturated carbocycles. The van der Waals surface area contributed by atoms with Crippen molar-refractivity contribution < 1.29 is 17.9 Å². The number of benzene rings is 2. The third kappa shape index (κ3) is 8.10. The monoisotopic (exact) mass is 528 g/mol. The van der Waals surface area contributed by atoms with Gasteiger partial charge in [-0.15, -0.1) is 0 Å². The van der Waals surface area contributed by atoms with Gasteiger partial charge in [0.25, 0.3) is 0 Å². The third-order valence-corrected chi connectivity index (χ3v) is 7.70. The fourth-order valence-corrected chi connectivity index (χ4v) is 5.67. The maximum Gasteiger partial charge on any atom is 0.320 e. The van der Waals surface area contributed by atoms with Gasteiger partial charge in [-0.3, -0.25) is 9.62 Å². The number of hydrogen-bond donors (Lipinski definition) is 1. The predicted molar refractivity (Wildman–Crippen MR) is 148 cm³/mol. The zero-order valence-electron chi connectivity index (χ0n) is 22.1. The number of sulfonamides is 1. The lowest BCUT2D eigenvalue weighted by Gasteiger charge is -2.40. The number of carbonyl (C=O) groups is 1. The molecule has 2 aromatic carbocycles. The van der Waals surface area contributed by atoms with E-state index in [-0.39, 0.29) is 6.03 Å². The predicted octanol–water partition coefficient (Wildman–Crippen LogP) is 5.13. The summed E-state index contributed by atoms with van der Waals surface area (Å²) < 4.78 is 31.1. The number of unbranched alkanes of at least 4 members (excludes halogenated alkanes) is 1. The summed E-state index contributed by atoms with van der Waals surface area (Å²) in [5.41, 5.74) is 1.73. The summed E-state index contributed by atoms with van der Waals surface area (Å²) in [6, 6.07) is 15.5. The molecule has 0 bridgehead atoms. The van der Waals surface area contributed by atoms with Crippen molar-refractivity contribution in [2.45, 2.75) is 58.0 Å². The van der Waals surface area contributed by atoms with E-state index < -0.39 is 10.0 Å². The van der Waals surface area contributed by atoms with Crippen molar-refractivity contribution in [2.75, 3.05) is 43.7 Å². The molecule has 2 fully saturated rings. The van der Waals surface area contributed by atoms with Crippen LogP contribution in [0.5, 0.6) is 11.5 Å². The molecule has 4 rings (SSSR count). The standard InChI is InChI=1S/C28H40N4O4S/c1-3-4-19-32(28(33)31-17-5-6-18-31)25-15-20-30(21-16-25)22-23-7-11-26(12-8-23)36-27-13-9-24(10-14-27)29-37(2,34)35/h7-14,25,29H,3-6,15-22H2,1-2H3. The molecule has 37 heavy (non-hydrogen) atoms. The van der Waals surface area contributed by atoms with Gasteiger partial charge in [-0.1, -0.05) is 25.5 Å². The van der Waals surface area contributed by atoms with Crippen molar-refractivity contribution in [1.29, 1.82) is 0 Å². The molecule has 2 saturated heterocycles. The Labute approximate surface area is 221 Å². The summed E-state index contributed by atoms with van der Waals surface area (Å²) in [5.74, 6) is 1.38. The summed E-state index contributed by atoms with van der Waals surface area (Å²) in [5, 5.41) is 0. The van der Waals surface area contributed by atoms with E-state index in [0.29, 0.717) is 17.5 Å². The van der Waals surface area contributed by atoms with Gasteiger partial charge >= 0.3 is 6.03 Å². The highest BCUT2D eigenvalue weighted by atomic mass is 32.2. The van der Waals surface area contributed by atoms with Crippen LogP contribution in [0.4, 0.5) is 10.5 Å². The lowest BCUT2D eigenvalue weighted by atomic mass is 10.0. The number of piperidine rings is 1. The third-order valence-electron chi connectivity index (χ3n) is 7.10.